The first kappa shape index (κ1) is 18.3. The average Bonchev–Trinajstić information content (AvgIpc) is 2.45. The average molecular weight is 354 g/mol. The summed E-state index contributed by atoms with van der Waals surface area (Å²) in [7, 11) is -3.34. The van der Waals surface area contributed by atoms with Gasteiger partial charge in [-0.15, -0.1) is 0 Å². The molecular formula is C16H22N2O5S. The second kappa shape index (κ2) is 6.43. The molecule has 2 amide bonds. The number of hydrogen-bond donors (Lipinski definition) is 2. The molecule has 1 heterocycles. The van der Waals surface area contributed by atoms with Gasteiger partial charge in [-0.05, 0) is 38.5 Å². The number of amides is 2. The Morgan fingerprint density at radius 2 is 2.04 bits per heavy atom. The Hall–Kier alpha value is -2.09. The van der Waals surface area contributed by atoms with E-state index in [0.29, 0.717) is 5.69 Å². The maximum absolute atomic E-state index is 12.2. The predicted octanol–water partition coefficient (Wildman–Crippen LogP) is 1.87. The molecule has 0 bridgehead atoms. The number of nitrogens with one attached hydrogen (secondary N) is 2. The first-order valence-corrected chi connectivity index (χ1v) is 9.33. The summed E-state index contributed by atoms with van der Waals surface area (Å²) >= 11 is 0. The van der Waals surface area contributed by atoms with Crippen molar-refractivity contribution in [2.45, 2.75) is 50.7 Å². The van der Waals surface area contributed by atoms with E-state index in [4.69, 9.17) is 4.74 Å². The van der Waals surface area contributed by atoms with Gasteiger partial charge in [0, 0.05) is 12.1 Å². The molecule has 2 N–H and O–H groups in total. The summed E-state index contributed by atoms with van der Waals surface area (Å²) < 4.78 is 29.0. The van der Waals surface area contributed by atoms with Crippen molar-refractivity contribution < 1.29 is 22.7 Å². The molecule has 0 fully saturated rings. The lowest BCUT2D eigenvalue weighted by Crippen LogP contribution is -2.49. The molecule has 24 heavy (non-hydrogen) atoms. The molecule has 0 aromatic heterocycles. The van der Waals surface area contributed by atoms with E-state index < -0.39 is 33.5 Å². The van der Waals surface area contributed by atoms with Crippen molar-refractivity contribution in [1.82, 2.24) is 5.32 Å². The largest absolute Gasteiger partial charge is 0.444 e. The van der Waals surface area contributed by atoms with Gasteiger partial charge in [0.15, 0.2) is 9.84 Å². The number of carbonyl (C=O) groups is 2. The summed E-state index contributed by atoms with van der Waals surface area (Å²) in [6.07, 6.45) is -0.399. The van der Waals surface area contributed by atoms with Crippen LogP contribution in [0.2, 0.25) is 0 Å². The van der Waals surface area contributed by atoms with Gasteiger partial charge in [0.25, 0.3) is 0 Å². The van der Waals surface area contributed by atoms with Gasteiger partial charge in [-0.2, -0.15) is 0 Å². The van der Waals surface area contributed by atoms with Crippen molar-refractivity contribution in [3.05, 3.63) is 23.8 Å². The fraction of sp³-hybridized carbons (Fsp3) is 0.500. The minimum absolute atomic E-state index is 0.0114. The normalized spacial score (nSPS) is 17.7. The van der Waals surface area contributed by atoms with E-state index in [-0.39, 0.29) is 17.1 Å². The number of sulfone groups is 1. The Labute approximate surface area is 141 Å². The molecule has 1 aromatic carbocycles. The fourth-order valence-electron chi connectivity index (χ4n) is 2.31. The van der Waals surface area contributed by atoms with Gasteiger partial charge >= 0.3 is 6.09 Å². The number of anilines is 1. The highest BCUT2D eigenvalue weighted by Gasteiger charge is 2.30. The zero-order valence-electron chi connectivity index (χ0n) is 14.2. The molecule has 0 spiro atoms. The minimum atomic E-state index is -3.34. The Bertz CT molecular complexity index is 765. The quantitative estimate of drug-likeness (QED) is 0.863. The standard InChI is InChI=1S/C16H22N2O5S/c1-5-24(21,22)11-7-6-10-8-13(14(19)17-12(10)9-11)18-15(20)23-16(2,3)4/h6-7,9,13H,5,8H2,1-4H3,(H,17,19)(H,18,20)/t13-/m1/s1. The molecule has 132 valence electrons. The first-order chi connectivity index (χ1) is 11.0. The molecule has 1 aliphatic rings. The summed E-state index contributed by atoms with van der Waals surface area (Å²) in [4.78, 5) is 24.1. The number of fused-ring (bicyclic) bond motifs is 1. The molecule has 0 saturated carbocycles. The van der Waals surface area contributed by atoms with Gasteiger partial charge in [-0.25, -0.2) is 13.2 Å². The van der Waals surface area contributed by atoms with Crippen molar-refractivity contribution in [2.75, 3.05) is 11.1 Å². The van der Waals surface area contributed by atoms with Gasteiger partial charge in [-0.1, -0.05) is 13.0 Å². The number of alkyl carbamates (subject to hydrolysis) is 1. The van der Waals surface area contributed by atoms with Crippen LogP contribution in [-0.2, 0) is 25.8 Å². The van der Waals surface area contributed by atoms with Gasteiger partial charge in [0.05, 0.1) is 10.6 Å². The van der Waals surface area contributed by atoms with E-state index in [2.05, 4.69) is 10.6 Å². The van der Waals surface area contributed by atoms with Crippen LogP contribution in [0.4, 0.5) is 10.5 Å². The second-order valence-corrected chi connectivity index (χ2v) is 8.89. The van der Waals surface area contributed by atoms with Crippen LogP contribution >= 0.6 is 0 Å². The number of ether oxygens (including phenoxy) is 1. The SMILES string of the molecule is CCS(=O)(=O)c1ccc2c(c1)NC(=O)[C@H](NC(=O)OC(C)(C)C)C2. The maximum atomic E-state index is 12.2. The van der Waals surface area contributed by atoms with Crippen molar-refractivity contribution in [2.24, 2.45) is 0 Å². The molecule has 7 nitrogen and oxygen atoms in total. The van der Waals surface area contributed by atoms with Gasteiger partial charge in [-0.3, -0.25) is 4.79 Å². The van der Waals surface area contributed by atoms with E-state index >= 15 is 0 Å². The van der Waals surface area contributed by atoms with E-state index in [1.54, 1.807) is 33.8 Å². The van der Waals surface area contributed by atoms with Gasteiger partial charge in [0.1, 0.15) is 11.6 Å². The molecule has 0 radical (unpaired) electrons. The lowest BCUT2D eigenvalue weighted by Gasteiger charge is -2.27. The Kier molecular flexibility index (Phi) is 4.89. The number of rotatable bonds is 3. The molecule has 1 aliphatic heterocycles. The molecule has 8 heteroatoms. The highest BCUT2D eigenvalue weighted by Crippen LogP contribution is 2.26. The smallest absolute Gasteiger partial charge is 0.408 e. The predicted molar refractivity (Wildman–Crippen MR) is 89.7 cm³/mol. The van der Waals surface area contributed by atoms with Gasteiger partial charge < -0.3 is 15.4 Å². The maximum Gasteiger partial charge on any atom is 0.408 e. The van der Waals surface area contributed by atoms with Crippen LogP contribution in [-0.4, -0.2) is 37.8 Å². The molecular weight excluding hydrogens is 332 g/mol. The van der Waals surface area contributed by atoms with Crippen molar-refractivity contribution in [3.8, 4) is 0 Å². The van der Waals surface area contributed by atoms with Crippen LogP contribution in [0, 0.1) is 0 Å². The van der Waals surface area contributed by atoms with Crippen LogP contribution in [0.3, 0.4) is 0 Å². The van der Waals surface area contributed by atoms with E-state index in [1.807, 2.05) is 0 Å². The highest BCUT2D eigenvalue weighted by atomic mass is 32.2. The van der Waals surface area contributed by atoms with Crippen molar-refractivity contribution >= 4 is 27.5 Å². The monoisotopic (exact) mass is 354 g/mol. The van der Waals surface area contributed by atoms with Gasteiger partial charge in [0.2, 0.25) is 5.91 Å². The summed E-state index contributed by atoms with van der Waals surface area (Å²) in [5.74, 6) is -0.415. The Morgan fingerprint density at radius 1 is 1.38 bits per heavy atom. The first-order valence-electron chi connectivity index (χ1n) is 7.68. The number of benzene rings is 1. The topological polar surface area (TPSA) is 102 Å². The highest BCUT2D eigenvalue weighted by molar-refractivity contribution is 7.91. The summed E-state index contributed by atoms with van der Waals surface area (Å²) in [6, 6.07) is 3.86. The zero-order chi connectivity index (χ0) is 18.1. The summed E-state index contributed by atoms with van der Waals surface area (Å²) in [5.41, 5.74) is 0.554. The van der Waals surface area contributed by atoms with Crippen molar-refractivity contribution in [3.63, 3.8) is 0 Å². The molecule has 1 aromatic rings. The van der Waals surface area contributed by atoms with Crippen LogP contribution in [0.25, 0.3) is 0 Å². The third-order valence-corrected chi connectivity index (χ3v) is 5.24. The lowest BCUT2D eigenvalue weighted by atomic mass is 9.99. The Balaban J connectivity index is 2.17. The zero-order valence-corrected chi connectivity index (χ0v) is 15.0. The van der Waals surface area contributed by atoms with E-state index in [9.17, 15) is 18.0 Å². The van der Waals surface area contributed by atoms with E-state index in [1.165, 1.54) is 12.1 Å². The number of carbonyl (C=O) groups excluding carboxylic acids is 2. The van der Waals surface area contributed by atoms with Crippen molar-refractivity contribution in [1.29, 1.82) is 0 Å². The van der Waals surface area contributed by atoms with Crippen LogP contribution in [0.15, 0.2) is 23.1 Å². The third kappa shape index (κ3) is 4.25. The van der Waals surface area contributed by atoms with E-state index in [0.717, 1.165) is 5.56 Å². The third-order valence-electron chi connectivity index (χ3n) is 3.51. The fourth-order valence-corrected chi connectivity index (χ4v) is 3.22. The minimum Gasteiger partial charge on any atom is -0.444 e. The summed E-state index contributed by atoms with van der Waals surface area (Å²) in [5, 5.41) is 5.17. The number of hydrogen-bond acceptors (Lipinski definition) is 5. The second-order valence-electron chi connectivity index (χ2n) is 6.61. The summed E-state index contributed by atoms with van der Waals surface area (Å²) in [6.45, 7) is 6.77. The van der Waals surface area contributed by atoms with Crippen LogP contribution in [0.5, 0.6) is 0 Å². The lowest BCUT2D eigenvalue weighted by molar-refractivity contribution is -0.118. The Morgan fingerprint density at radius 3 is 2.62 bits per heavy atom. The molecule has 1 atom stereocenters. The molecule has 0 unspecified atom stereocenters. The van der Waals surface area contributed by atoms with Crippen LogP contribution < -0.4 is 10.6 Å². The van der Waals surface area contributed by atoms with Crippen LogP contribution in [0.1, 0.15) is 33.3 Å². The molecule has 2 rings (SSSR count). The molecule has 0 aliphatic carbocycles. The molecule has 0 saturated heterocycles.